The third kappa shape index (κ3) is 2.20. The number of ether oxygens (including phenoxy) is 1. The van der Waals surface area contributed by atoms with Gasteiger partial charge in [-0.3, -0.25) is 4.68 Å². The summed E-state index contributed by atoms with van der Waals surface area (Å²) in [5.41, 5.74) is 6.71. The lowest BCUT2D eigenvalue weighted by Gasteiger charge is -2.10. The Labute approximate surface area is 93.9 Å². The molecule has 2 aromatic rings. The average molecular weight is 218 g/mol. The second-order valence-corrected chi connectivity index (χ2v) is 3.64. The highest BCUT2D eigenvalue weighted by Gasteiger charge is 2.10. The van der Waals surface area contributed by atoms with Gasteiger partial charge in [0.2, 0.25) is 5.88 Å². The van der Waals surface area contributed by atoms with E-state index in [0.29, 0.717) is 11.6 Å². The van der Waals surface area contributed by atoms with Crippen LogP contribution in [-0.2, 0) is 7.05 Å². The van der Waals surface area contributed by atoms with E-state index >= 15 is 0 Å². The number of aromatic nitrogens is 3. The van der Waals surface area contributed by atoms with E-state index in [1.54, 1.807) is 23.3 Å². The highest BCUT2D eigenvalue weighted by molar-refractivity contribution is 5.31. The molecule has 0 bridgehead atoms. The first-order valence-electron chi connectivity index (χ1n) is 5.04. The van der Waals surface area contributed by atoms with Crippen LogP contribution in [0.5, 0.6) is 11.6 Å². The highest BCUT2D eigenvalue weighted by atomic mass is 16.5. The first kappa shape index (κ1) is 10.6. The van der Waals surface area contributed by atoms with E-state index in [1.807, 2.05) is 26.1 Å². The van der Waals surface area contributed by atoms with Crippen LogP contribution in [0.25, 0.3) is 0 Å². The lowest BCUT2D eigenvalue weighted by Crippen LogP contribution is -2.07. The minimum atomic E-state index is -0.111. The molecule has 2 heterocycles. The van der Waals surface area contributed by atoms with Gasteiger partial charge in [0.25, 0.3) is 0 Å². The fourth-order valence-electron chi connectivity index (χ4n) is 1.40. The van der Waals surface area contributed by atoms with Crippen LogP contribution >= 0.6 is 0 Å². The Morgan fingerprint density at radius 3 is 2.94 bits per heavy atom. The number of aryl methyl sites for hydroxylation is 1. The van der Waals surface area contributed by atoms with Crippen LogP contribution in [0.1, 0.15) is 18.5 Å². The minimum Gasteiger partial charge on any atom is -0.435 e. The Morgan fingerprint density at radius 1 is 1.50 bits per heavy atom. The molecule has 0 aliphatic rings. The lowest BCUT2D eigenvalue weighted by atomic mass is 10.1. The molecule has 16 heavy (non-hydrogen) atoms. The predicted molar refractivity (Wildman–Crippen MR) is 60.1 cm³/mol. The maximum Gasteiger partial charge on any atom is 0.224 e. The van der Waals surface area contributed by atoms with Gasteiger partial charge in [-0.15, -0.1) is 0 Å². The Kier molecular flexibility index (Phi) is 2.87. The molecular weight excluding hydrogens is 204 g/mol. The van der Waals surface area contributed by atoms with Crippen molar-refractivity contribution in [2.45, 2.75) is 13.0 Å². The van der Waals surface area contributed by atoms with E-state index in [0.717, 1.165) is 5.56 Å². The summed E-state index contributed by atoms with van der Waals surface area (Å²) in [6, 6.07) is 3.64. The molecule has 2 N–H and O–H groups in total. The number of nitrogens with two attached hydrogens (primary N) is 1. The number of nitrogens with zero attached hydrogens (tertiary/aromatic N) is 3. The first-order chi connectivity index (χ1) is 7.66. The van der Waals surface area contributed by atoms with E-state index in [1.165, 1.54) is 0 Å². The smallest absolute Gasteiger partial charge is 0.224 e. The van der Waals surface area contributed by atoms with Crippen molar-refractivity contribution in [3.05, 3.63) is 36.3 Å². The van der Waals surface area contributed by atoms with Gasteiger partial charge in [-0.05, 0) is 13.0 Å². The number of hydrogen-bond acceptors (Lipinski definition) is 4. The number of hydrogen-bond donors (Lipinski definition) is 1. The van der Waals surface area contributed by atoms with E-state index in [4.69, 9.17) is 10.5 Å². The molecular formula is C11H14N4O. The molecule has 0 aromatic carbocycles. The summed E-state index contributed by atoms with van der Waals surface area (Å²) in [4.78, 5) is 4.17. The zero-order valence-corrected chi connectivity index (χ0v) is 9.29. The van der Waals surface area contributed by atoms with Gasteiger partial charge in [-0.2, -0.15) is 5.10 Å². The van der Waals surface area contributed by atoms with Crippen molar-refractivity contribution in [2.75, 3.05) is 0 Å². The molecule has 1 atom stereocenters. The van der Waals surface area contributed by atoms with Crippen molar-refractivity contribution in [1.82, 2.24) is 14.8 Å². The molecule has 5 nitrogen and oxygen atoms in total. The molecule has 1 unspecified atom stereocenters. The third-order valence-electron chi connectivity index (χ3n) is 2.19. The van der Waals surface area contributed by atoms with Gasteiger partial charge in [0.1, 0.15) is 0 Å². The molecule has 0 saturated heterocycles. The molecule has 0 amide bonds. The Morgan fingerprint density at radius 2 is 2.31 bits per heavy atom. The molecule has 84 valence electrons. The largest absolute Gasteiger partial charge is 0.435 e. The molecule has 2 aromatic heterocycles. The van der Waals surface area contributed by atoms with Crippen LogP contribution in [0.3, 0.4) is 0 Å². The monoisotopic (exact) mass is 218 g/mol. The second-order valence-electron chi connectivity index (χ2n) is 3.64. The molecule has 0 saturated carbocycles. The van der Waals surface area contributed by atoms with Crippen LogP contribution in [0.2, 0.25) is 0 Å². The average Bonchev–Trinajstić information content (AvgIpc) is 2.64. The van der Waals surface area contributed by atoms with Gasteiger partial charge in [-0.25, -0.2) is 4.98 Å². The normalized spacial score (nSPS) is 12.4. The van der Waals surface area contributed by atoms with Gasteiger partial charge in [0.05, 0.1) is 12.4 Å². The van der Waals surface area contributed by atoms with Gasteiger partial charge in [0.15, 0.2) is 5.75 Å². The zero-order valence-electron chi connectivity index (χ0n) is 9.29. The van der Waals surface area contributed by atoms with Crippen molar-refractivity contribution in [3.8, 4) is 11.6 Å². The number of pyridine rings is 1. The van der Waals surface area contributed by atoms with Crippen LogP contribution in [-0.4, -0.2) is 14.8 Å². The summed E-state index contributed by atoms with van der Waals surface area (Å²) in [5.74, 6) is 1.19. The van der Waals surface area contributed by atoms with Gasteiger partial charge in [-0.1, -0.05) is 6.07 Å². The Hall–Kier alpha value is -1.88. The standard InChI is InChI=1S/C11H14N4O/c1-8(12)10-4-3-5-13-11(10)16-9-6-14-15(2)7-9/h3-8H,12H2,1-2H3. The zero-order chi connectivity index (χ0) is 11.5. The van der Waals surface area contributed by atoms with Crippen molar-refractivity contribution in [2.24, 2.45) is 12.8 Å². The maximum absolute atomic E-state index is 5.83. The predicted octanol–water partition coefficient (Wildman–Crippen LogP) is 1.63. The van der Waals surface area contributed by atoms with Crippen molar-refractivity contribution in [3.63, 3.8) is 0 Å². The van der Waals surface area contributed by atoms with Crippen LogP contribution in [0.4, 0.5) is 0 Å². The summed E-state index contributed by atoms with van der Waals surface area (Å²) < 4.78 is 7.29. The van der Waals surface area contributed by atoms with Gasteiger partial charge < -0.3 is 10.5 Å². The second kappa shape index (κ2) is 4.32. The molecule has 0 aliphatic carbocycles. The van der Waals surface area contributed by atoms with Crippen LogP contribution in [0, 0.1) is 0 Å². The fraction of sp³-hybridized carbons (Fsp3) is 0.273. The summed E-state index contributed by atoms with van der Waals surface area (Å²) in [7, 11) is 1.83. The quantitative estimate of drug-likeness (QED) is 0.850. The van der Waals surface area contributed by atoms with E-state index in [-0.39, 0.29) is 6.04 Å². The Balaban J connectivity index is 2.27. The van der Waals surface area contributed by atoms with Crippen LogP contribution < -0.4 is 10.5 Å². The number of rotatable bonds is 3. The molecule has 0 radical (unpaired) electrons. The molecule has 0 spiro atoms. The topological polar surface area (TPSA) is 66.0 Å². The molecule has 0 fully saturated rings. The van der Waals surface area contributed by atoms with Crippen molar-refractivity contribution in [1.29, 1.82) is 0 Å². The Bertz CT molecular complexity index is 478. The van der Waals surface area contributed by atoms with E-state index < -0.39 is 0 Å². The summed E-state index contributed by atoms with van der Waals surface area (Å²) in [6.45, 7) is 1.90. The summed E-state index contributed by atoms with van der Waals surface area (Å²) in [5, 5.41) is 4.02. The van der Waals surface area contributed by atoms with Crippen molar-refractivity contribution >= 4 is 0 Å². The highest BCUT2D eigenvalue weighted by Crippen LogP contribution is 2.25. The lowest BCUT2D eigenvalue weighted by molar-refractivity contribution is 0.451. The fourth-order valence-corrected chi connectivity index (χ4v) is 1.40. The summed E-state index contributed by atoms with van der Waals surface area (Å²) in [6.07, 6.45) is 5.09. The van der Waals surface area contributed by atoms with E-state index in [2.05, 4.69) is 10.1 Å². The molecule has 0 aliphatic heterocycles. The summed E-state index contributed by atoms with van der Waals surface area (Å²) >= 11 is 0. The van der Waals surface area contributed by atoms with Crippen LogP contribution in [0.15, 0.2) is 30.7 Å². The van der Waals surface area contributed by atoms with Crippen molar-refractivity contribution < 1.29 is 4.74 Å². The first-order valence-corrected chi connectivity index (χ1v) is 5.04. The minimum absolute atomic E-state index is 0.111. The molecule has 5 heteroatoms. The van der Waals surface area contributed by atoms with E-state index in [9.17, 15) is 0 Å². The maximum atomic E-state index is 5.83. The third-order valence-corrected chi connectivity index (χ3v) is 2.19. The van der Waals surface area contributed by atoms with Gasteiger partial charge >= 0.3 is 0 Å². The SMILES string of the molecule is CC(N)c1cccnc1Oc1cnn(C)c1. The molecule has 2 rings (SSSR count). The van der Waals surface area contributed by atoms with Gasteiger partial charge in [0, 0.05) is 24.8 Å².